The number of ether oxygens (including phenoxy) is 2. The zero-order valence-electron chi connectivity index (χ0n) is 12.5. The molecule has 1 amide bonds. The standard InChI is InChI=1S/C13H24ClN3O3/c1-13(2,3)20-12(18)16-6-4-15(5-7-16)11-10-17(14)8-9-19-11/h11H,4-10H2,1-3H3. The number of nitrogens with zero attached hydrogens (tertiary/aromatic N) is 3. The molecule has 1 atom stereocenters. The van der Waals surface area contributed by atoms with Gasteiger partial charge in [-0.05, 0) is 32.5 Å². The Labute approximate surface area is 125 Å². The highest BCUT2D eigenvalue weighted by Crippen LogP contribution is 2.16. The normalized spacial score (nSPS) is 26.6. The summed E-state index contributed by atoms with van der Waals surface area (Å²) in [7, 11) is 0. The van der Waals surface area contributed by atoms with Crippen molar-refractivity contribution in [3.05, 3.63) is 0 Å². The van der Waals surface area contributed by atoms with Gasteiger partial charge in [0.1, 0.15) is 11.8 Å². The summed E-state index contributed by atoms with van der Waals surface area (Å²) in [6.07, 6.45) is -0.206. The van der Waals surface area contributed by atoms with Crippen molar-refractivity contribution < 1.29 is 14.3 Å². The van der Waals surface area contributed by atoms with E-state index in [1.54, 1.807) is 9.32 Å². The van der Waals surface area contributed by atoms with Gasteiger partial charge in [0, 0.05) is 32.7 Å². The second-order valence-electron chi connectivity index (χ2n) is 6.20. The number of amides is 1. The number of carbonyl (C=O) groups is 1. The molecule has 2 heterocycles. The number of piperazine rings is 1. The number of morpholine rings is 1. The fourth-order valence-electron chi connectivity index (χ4n) is 2.34. The van der Waals surface area contributed by atoms with Gasteiger partial charge in [-0.15, -0.1) is 0 Å². The third-order valence-corrected chi connectivity index (χ3v) is 3.68. The molecule has 1 unspecified atom stereocenters. The maximum Gasteiger partial charge on any atom is 0.410 e. The molecular weight excluding hydrogens is 282 g/mol. The fourth-order valence-corrected chi connectivity index (χ4v) is 2.53. The molecule has 0 N–H and O–H groups in total. The van der Waals surface area contributed by atoms with Crippen LogP contribution in [0.3, 0.4) is 0 Å². The van der Waals surface area contributed by atoms with E-state index in [2.05, 4.69) is 4.90 Å². The molecule has 2 saturated heterocycles. The number of carbonyl (C=O) groups excluding carboxylic acids is 1. The molecule has 0 aromatic heterocycles. The van der Waals surface area contributed by atoms with E-state index in [1.165, 1.54) is 0 Å². The lowest BCUT2D eigenvalue weighted by Crippen LogP contribution is -2.56. The minimum atomic E-state index is -0.445. The second-order valence-corrected chi connectivity index (χ2v) is 6.68. The molecular formula is C13H24ClN3O3. The Balaban J connectivity index is 1.78. The van der Waals surface area contributed by atoms with Crippen LogP contribution in [0, 0.1) is 0 Å². The monoisotopic (exact) mass is 305 g/mol. The van der Waals surface area contributed by atoms with Crippen molar-refractivity contribution in [1.29, 1.82) is 0 Å². The van der Waals surface area contributed by atoms with Crippen LogP contribution in [0.25, 0.3) is 0 Å². The van der Waals surface area contributed by atoms with Crippen LogP contribution in [-0.2, 0) is 9.47 Å². The summed E-state index contributed by atoms with van der Waals surface area (Å²) in [4.78, 5) is 16.0. The Morgan fingerprint density at radius 2 is 1.85 bits per heavy atom. The molecule has 0 spiro atoms. The van der Waals surface area contributed by atoms with E-state index < -0.39 is 5.60 Å². The first kappa shape index (κ1) is 15.8. The van der Waals surface area contributed by atoms with Crippen molar-refractivity contribution in [2.75, 3.05) is 45.9 Å². The Kier molecular flexibility index (Phi) is 5.12. The predicted molar refractivity (Wildman–Crippen MR) is 76.5 cm³/mol. The van der Waals surface area contributed by atoms with E-state index in [0.29, 0.717) is 26.2 Å². The first-order valence-electron chi connectivity index (χ1n) is 7.09. The molecule has 7 heteroatoms. The van der Waals surface area contributed by atoms with Gasteiger partial charge in [0.2, 0.25) is 0 Å². The lowest BCUT2D eigenvalue weighted by molar-refractivity contribution is -0.107. The third kappa shape index (κ3) is 4.48. The molecule has 2 aliphatic rings. The van der Waals surface area contributed by atoms with Crippen molar-refractivity contribution >= 4 is 17.9 Å². The SMILES string of the molecule is CC(C)(C)OC(=O)N1CCN(C2CN(Cl)CCO2)CC1. The zero-order valence-corrected chi connectivity index (χ0v) is 13.2. The van der Waals surface area contributed by atoms with Gasteiger partial charge in [0.05, 0.1) is 13.2 Å². The molecule has 2 aliphatic heterocycles. The molecule has 0 radical (unpaired) electrons. The Bertz CT molecular complexity index is 340. The molecule has 0 saturated carbocycles. The van der Waals surface area contributed by atoms with Gasteiger partial charge >= 0.3 is 6.09 Å². The lowest BCUT2D eigenvalue weighted by Gasteiger charge is -2.41. The number of halogens is 1. The van der Waals surface area contributed by atoms with Gasteiger partial charge in [-0.1, -0.05) is 0 Å². The molecule has 0 aliphatic carbocycles. The Hall–Kier alpha value is -0.560. The van der Waals surface area contributed by atoms with Gasteiger partial charge in [-0.3, -0.25) is 4.90 Å². The van der Waals surface area contributed by atoms with E-state index in [1.807, 2.05) is 20.8 Å². The average Bonchev–Trinajstić information content (AvgIpc) is 2.37. The first-order valence-corrected chi connectivity index (χ1v) is 7.43. The maximum absolute atomic E-state index is 12.0. The number of hydrogen-bond donors (Lipinski definition) is 0. The summed E-state index contributed by atoms with van der Waals surface area (Å²) in [6.45, 7) is 10.7. The van der Waals surface area contributed by atoms with Gasteiger partial charge in [-0.25, -0.2) is 9.21 Å². The lowest BCUT2D eigenvalue weighted by atomic mass is 10.2. The van der Waals surface area contributed by atoms with Crippen molar-refractivity contribution in [1.82, 2.24) is 14.2 Å². The van der Waals surface area contributed by atoms with Crippen LogP contribution in [0.1, 0.15) is 20.8 Å². The molecule has 116 valence electrons. The largest absolute Gasteiger partial charge is 0.444 e. The number of rotatable bonds is 1. The van der Waals surface area contributed by atoms with E-state index >= 15 is 0 Å². The van der Waals surface area contributed by atoms with Crippen LogP contribution in [0.5, 0.6) is 0 Å². The minimum Gasteiger partial charge on any atom is -0.444 e. The van der Waals surface area contributed by atoms with E-state index in [0.717, 1.165) is 19.6 Å². The van der Waals surface area contributed by atoms with Gasteiger partial charge in [0.25, 0.3) is 0 Å². The zero-order chi connectivity index (χ0) is 14.8. The summed E-state index contributed by atoms with van der Waals surface area (Å²) in [6, 6.07) is 0. The van der Waals surface area contributed by atoms with Gasteiger partial charge in [-0.2, -0.15) is 0 Å². The number of hydrogen-bond acceptors (Lipinski definition) is 5. The molecule has 0 aromatic carbocycles. The van der Waals surface area contributed by atoms with E-state index in [4.69, 9.17) is 21.3 Å². The van der Waals surface area contributed by atoms with Crippen LogP contribution in [0.4, 0.5) is 4.79 Å². The molecule has 20 heavy (non-hydrogen) atoms. The van der Waals surface area contributed by atoms with Crippen LogP contribution < -0.4 is 0 Å². The highest BCUT2D eigenvalue weighted by atomic mass is 35.5. The first-order chi connectivity index (χ1) is 9.35. The summed E-state index contributed by atoms with van der Waals surface area (Å²) in [5, 5.41) is 0. The quantitative estimate of drug-likeness (QED) is 0.684. The minimum absolute atomic E-state index is 0.0297. The average molecular weight is 306 g/mol. The fraction of sp³-hybridized carbons (Fsp3) is 0.923. The Morgan fingerprint density at radius 1 is 1.20 bits per heavy atom. The van der Waals surface area contributed by atoms with Crippen LogP contribution >= 0.6 is 11.8 Å². The highest BCUT2D eigenvalue weighted by molar-refractivity contribution is 6.13. The van der Waals surface area contributed by atoms with E-state index in [9.17, 15) is 4.79 Å². The van der Waals surface area contributed by atoms with Crippen molar-refractivity contribution in [2.24, 2.45) is 0 Å². The van der Waals surface area contributed by atoms with Crippen LogP contribution in [0.15, 0.2) is 0 Å². The second kappa shape index (κ2) is 6.47. The van der Waals surface area contributed by atoms with Crippen LogP contribution in [0.2, 0.25) is 0 Å². The molecule has 2 fully saturated rings. The molecule has 6 nitrogen and oxygen atoms in total. The summed E-state index contributed by atoms with van der Waals surface area (Å²) < 4.78 is 12.9. The van der Waals surface area contributed by atoms with Gasteiger partial charge in [0.15, 0.2) is 0 Å². The summed E-state index contributed by atoms with van der Waals surface area (Å²) in [5.41, 5.74) is -0.445. The smallest absolute Gasteiger partial charge is 0.410 e. The summed E-state index contributed by atoms with van der Waals surface area (Å²) >= 11 is 6.02. The maximum atomic E-state index is 12.0. The van der Waals surface area contributed by atoms with Crippen LogP contribution in [-0.4, -0.2) is 78.0 Å². The molecule has 0 aromatic rings. The van der Waals surface area contributed by atoms with E-state index in [-0.39, 0.29) is 12.3 Å². The molecule has 2 rings (SSSR count). The third-order valence-electron chi connectivity index (χ3n) is 3.37. The summed E-state index contributed by atoms with van der Waals surface area (Å²) in [5.74, 6) is 0. The van der Waals surface area contributed by atoms with Crippen molar-refractivity contribution in [2.45, 2.75) is 32.6 Å². The Morgan fingerprint density at radius 3 is 2.40 bits per heavy atom. The predicted octanol–water partition coefficient (Wildman–Crippen LogP) is 1.35. The van der Waals surface area contributed by atoms with Gasteiger partial charge < -0.3 is 14.4 Å². The highest BCUT2D eigenvalue weighted by Gasteiger charge is 2.31. The topological polar surface area (TPSA) is 45.2 Å². The van der Waals surface area contributed by atoms with Crippen molar-refractivity contribution in [3.63, 3.8) is 0 Å². The van der Waals surface area contributed by atoms with Crippen molar-refractivity contribution in [3.8, 4) is 0 Å². The molecule has 0 bridgehead atoms.